The second kappa shape index (κ2) is 11.8. The van der Waals surface area contributed by atoms with Crippen molar-refractivity contribution in [1.29, 1.82) is 0 Å². The molecule has 0 fully saturated rings. The first-order chi connectivity index (χ1) is 18.4. The van der Waals surface area contributed by atoms with E-state index in [0.29, 0.717) is 0 Å². The Morgan fingerprint density at radius 1 is 0.500 bits per heavy atom. The predicted molar refractivity (Wildman–Crippen MR) is 148 cm³/mol. The third-order valence-corrected chi connectivity index (χ3v) is 6.12. The van der Waals surface area contributed by atoms with Gasteiger partial charge in [0.05, 0.1) is 5.75 Å². The van der Waals surface area contributed by atoms with Gasteiger partial charge in [-0.3, -0.25) is 0 Å². The van der Waals surface area contributed by atoms with Gasteiger partial charge in [0.15, 0.2) is 0 Å². The molecule has 3 heterocycles. The first kappa shape index (κ1) is 25.3. The molecule has 0 bridgehead atoms. The van der Waals surface area contributed by atoms with Crippen LogP contribution in [0.15, 0.2) is 134 Å². The van der Waals surface area contributed by atoms with Crippen molar-refractivity contribution in [2.24, 2.45) is 0 Å². The fourth-order valence-corrected chi connectivity index (χ4v) is 4.36. The van der Waals surface area contributed by atoms with Crippen LogP contribution in [0.1, 0.15) is 0 Å². The van der Waals surface area contributed by atoms with Gasteiger partial charge in [0.25, 0.3) is 0 Å². The third-order valence-electron chi connectivity index (χ3n) is 6.12. The maximum atomic E-state index is 6.30. The zero-order valence-electron chi connectivity index (χ0n) is 20.3. The molecule has 1 aliphatic heterocycles. The van der Waals surface area contributed by atoms with E-state index in [2.05, 4.69) is 52.4 Å². The number of fused-ring (bicyclic) bond motifs is 5. The van der Waals surface area contributed by atoms with Crippen LogP contribution in [-0.4, -0.2) is 9.97 Å². The monoisotopic (exact) mass is 667 g/mol. The molecular weight excluding hydrogens is 645 g/mol. The maximum absolute atomic E-state index is 6.30. The van der Waals surface area contributed by atoms with Crippen LogP contribution in [0.5, 0.6) is 11.5 Å². The summed E-state index contributed by atoms with van der Waals surface area (Å²) in [5, 5.41) is 0. The predicted octanol–water partition coefficient (Wildman–Crippen LogP) is 8.53. The van der Waals surface area contributed by atoms with Gasteiger partial charge < -0.3 is 14.7 Å². The summed E-state index contributed by atoms with van der Waals surface area (Å²) in [5.41, 5.74) is 8.31. The fraction of sp³-hybridized carbons (Fsp3) is 0. The summed E-state index contributed by atoms with van der Waals surface area (Å²) in [4.78, 5) is 8.64. The van der Waals surface area contributed by atoms with Gasteiger partial charge in [-0.2, -0.15) is 0 Å². The van der Waals surface area contributed by atoms with Crippen LogP contribution < -0.4 is 4.74 Å². The number of aromatic nitrogens is 2. The topological polar surface area (TPSA) is 35.0 Å². The molecule has 0 aliphatic carbocycles. The molecule has 6 aromatic rings. The van der Waals surface area contributed by atoms with Crippen LogP contribution in [0.25, 0.3) is 44.8 Å². The first-order valence-electron chi connectivity index (χ1n) is 12.1. The Morgan fingerprint density at radius 3 is 1.76 bits per heavy atom. The Morgan fingerprint density at radius 2 is 1.11 bits per heavy atom. The molecule has 0 saturated carbocycles. The zero-order chi connectivity index (χ0) is 24.9. The van der Waals surface area contributed by atoms with E-state index < -0.39 is 0 Å². The molecule has 1 radical (unpaired) electrons. The molecule has 4 aromatic carbocycles. The zero-order valence-corrected chi connectivity index (χ0v) is 22.7. The number of pyridine rings is 2. The molecule has 4 heteroatoms. The number of hydrogen-bond donors (Lipinski definition) is 0. The van der Waals surface area contributed by atoms with Gasteiger partial charge in [-0.15, -0.1) is 53.6 Å². The molecule has 0 saturated heterocycles. The number of ether oxygens (including phenoxy) is 1. The minimum atomic E-state index is 0. The Bertz CT molecular complexity index is 1600. The van der Waals surface area contributed by atoms with E-state index in [9.17, 15) is 0 Å². The first-order valence-corrected chi connectivity index (χ1v) is 12.1. The van der Waals surface area contributed by atoms with E-state index in [1.165, 1.54) is 5.56 Å². The normalized spacial score (nSPS) is 10.6. The summed E-state index contributed by atoms with van der Waals surface area (Å²) >= 11 is 0. The molecule has 2 aromatic heterocycles. The Hall–Kier alpha value is -4.37. The number of rotatable bonds is 2. The summed E-state index contributed by atoms with van der Waals surface area (Å²) in [6.45, 7) is 0. The molecule has 38 heavy (non-hydrogen) atoms. The van der Waals surface area contributed by atoms with E-state index in [1.54, 1.807) is 12.4 Å². The average Bonchev–Trinajstić information content (AvgIpc) is 3.13. The van der Waals surface area contributed by atoms with Crippen molar-refractivity contribution in [2.45, 2.75) is 0 Å². The SMILES string of the molecule is [Ir].[c-]1cc2c(cc1-c1ccccn1)Oc1ccccc1-c1ccccc1-2.[c-]1ccccc1-c1ccccn1. The van der Waals surface area contributed by atoms with Gasteiger partial charge in [-0.25, -0.2) is 0 Å². The minimum Gasteiger partial charge on any atom is -0.476 e. The van der Waals surface area contributed by atoms with Crippen molar-refractivity contribution in [3.8, 4) is 56.3 Å². The van der Waals surface area contributed by atoms with Gasteiger partial charge in [-0.1, -0.05) is 78.4 Å². The average molecular weight is 667 g/mol. The van der Waals surface area contributed by atoms with E-state index >= 15 is 0 Å². The van der Waals surface area contributed by atoms with Crippen molar-refractivity contribution in [3.05, 3.63) is 146 Å². The van der Waals surface area contributed by atoms with Crippen molar-refractivity contribution in [3.63, 3.8) is 0 Å². The number of para-hydroxylation sites is 1. The molecule has 0 spiro atoms. The van der Waals surface area contributed by atoms with Crippen LogP contribution in [0, 0.1) is 12.1 Å². The van der Waals surface area contributed by atoms with Crippen molar-refractivity contribution in [2.75, 3.05) is 0 Å². The maximum Gasteiger partial charge on any atom is 0.132 e. The summed E-state index contributed by atoms with van der Waals surface area (Å²) in [5.74, 6) is 1.70. The van der Waals surface area contributed by atoms with Gasteiger partial charge >= 0.3 is 0 Å². The Balaban J connectivity index is 0.000000191. The van der Waals surface area contributed by atoms with Crippen LogP contribution in [0.2, 0.25) is 0 Å². The van der Waals surface area contributed by atoms with Crippen LogP contribution in [-0.2, 0) is 20.1 Å². The van der Waals surface area contributed by atoms with E-state index in [1.807, 2.05) is 91.0 Å². The van der Waals surface area contributed by atoms with Gasteiger partial charge in [0, 0.05) is 38.1 Å². The molecule has 0 atom stereocenters. The largest absolute Gasteiger partial charge is 0.476 e. The quantitative estimate of drug-likeness (QED) is 0.174. The molecule has 3 nitrogen and oxygen atoms in total. The molecule has 7 rings (SSSR count). The Labute approximate surface area is 236 Å². The third kappa shape index (κ3) is 5.33. The summed E-state index contributed by atoms with van der Waals surface area (Å²) in [7, 11) is 0. The molecule has 0 N–H and O–H groups in total. The van der Waals surface area contributed by atoms with Crippen LogP contribution in [0.3, 0.4) is 0 Å². The van der Waals surface area contributed by atoms with Gasteiger partial charge in [0.1, 0.15) is 5.75 Å². The summed E-state index contributed by atoms with van der Waals surface area (Å²) in [6, 6.07) is 46.6. The van der Waals surface area contributed by atoms with E-state index in [4.69, 9.17) is 4.74 Å². The van der Waals surface area contributed by atoms with Crippen molar-refractivity contribution in [1.82, 2.24) is 9.97 Å². The van der Waals surface area contributed by atoms with E-state index in [-0.39, 0.29) is 20.1 Å². The number of nitrogens with zero attached hydrogens (tertiary/aromatic N) is 2. The second-order valence-electron chi connectivity index (χ2n) is 8.47. The molecule has 0 amide bonds. The minimum absolute atomic E-state index is 0. The second-order valence-corrected chi connectivity index (χ2v) is 8.47. The molecule has 0 unspecified atom stereocenters. The van der Waals surface area contributed by atoms with Crippen molar-refractivity contribution < 1.29 is 24.8 Å². The standard InChI is InChI=1S/C23H14NO.C11H8N.Ir/c1-2-8-18-17(7-1)19-9-3-4-11-22(19)25-23-15-16(12-13-20(18)23)21-10-5-6-14-24-21;1-2-6-10(7-3-1)11-8-4-5-9-12-11;/h1-11,13-15H;1-6,8-9H;/q2*-1;. The van der Waals surface area contributed by atoms with Gasteiger partial charge in [0.2, 0.25) is 0 Å². The number of benzene rings is 4. The summed E-state index contributed by atoms with van der Waals surface area (Å²) in [6.07, 6.45) is 3.58. The van der Waals surface area contributed by atoms with Crippen molar-refractivity contribution >= 4 is 0 Å². The molecular formula is C34H22IrN2O-2. The Kier molecular flexibility index (Phi) is 7.84. The number of hydrogen-bond acceptors (Lipinski definition) is 3. The molecule has 185 valence electrons. The van der Waals surface area contributed by atoms with Gasteiger partial charge in [-0.05, 0) is 40.7 Å². The van der Waals surface area contributed by atoms with E-state index in [0.717, 1.165) is 50.7 Å². The fourth-order valence-electron chi connectivity index (χ4n) is 4.36. The molecule has 1 aliphatic rings. The smallest absolute Gasteiger partial charge is 0.132 e. The van der Waals surface area contributed by atoms with Crippen LogP contribution >= 0.6 is 0 Å². The summed E-state index contributed by atoms with van der Waals surface area (Å²) < 4.78 is 6.30. The van der Waals surface area contributed by atoms with Crippen LogP contribution in [0.4, 0.5) is 0 Å².